The zero-order chi connectivity index (χ0) is 41.3. The third kappa shape index (κ3) is 44.6. The molecule has 0 fully saturated rings. The summed E-state index contributed by atoms with van der Waals surface area (Å²) >= 11 is 0. The van der Waals surface area contributed by atoms with Crippen molar-refractivity contribution in [2.24, 2.45) is 0 Å². The molecule has 0 aromatic heterocycles. The van der Waals surface area contributed by atoms with Crippen LogP contribution in [0.15, 0.2) is 0 Å². The second-order valence-electron chi connectivity index (χ2n) is 17.9. The van der Waals surface area contributed by atoms with E-state index in [-0.39, 0.29) is 25.8 Å². The van der Waals surface area contributed by atoms with Crippen LogP contribution in [0.4, 0.5) is 0 Å². The van der Waals surface area contributed by atoms with Crippen LogP contribution in [0.3, 0.4) is 0 Å². The molecule has 0 rings (SSSR count). The molecule has 56 heavy (non-hydrogen) atoms. The molecule has 0 amide bonds. The number of nitrogens with zero attached hydrogens (tertiary/aromatic N) is 1. The fourth-order valence-electron chi connectivity index (χ4n) is 7.14. The molecule has 0 saturated heterocycles. The number of esters is 1. The maximum atomic E-state index is 12.7. The van der Waals surface area contributed by atoms with Crippen molar-refractivity contribution in [1.29, 1.82) is 0 Å². The van der Waals surface area contributed by atoms with Gasteiger partial charge in [-0.25, -0.2) is 4.57 Å². The maximum Gasteiger partial charge on any atom is 0.472 e. The Hall–Kier alpha value is -0.500. The van der Waals surface area contributed by atoms with E-state index in [0.29, 0.717) is 24.1 Å². The van der Waals surface area contributed by atoms with Gasteiger partial charge in [0.1, 0.15) is 19.3 Å². The first-order valence-corrected chi connectivity index (χ1v) is 25.8. The number of carbonyl (C=O) groups is 1. The number of rotatable bonds is 46. The summed E-state index contributed by atoms with van der Waals surface area (Å²) in [5.74, 6) is -0.306. The van der Waals surface area contributed by atoms with E-state index in [1.54, 1.807) is 0 Å². The first kappa shape index (κ1) is 55.5. The number of ether oxygens (including phenoxy) is 2. The Morgan fingerprint density at radius 2 is 0.821 bits per heavy atom. The lowest BCUT2D eigenvalue weighted by Crippen LogP contribution is -2.37. The molecule has 336 valence electrons. The molecule has 0 aliphatic carbocycles. The summed E-state index contributed by atoms with van der Waals surface area (Å²) in [6.07, 6.45) is 44.2. The minimum atomic E-state index is -4.27. The largest absolute Gasteiger partial charge is 0.472 e. The predicted octanol–water partition coefficient (Wildman–Crippen LogP) is 14.4. The van der Waals surface area contributed by atoms with Crippen LogP contribution in [0, 0.1) is 0 Å². The lowest BCUT2D eigenvalue weighted by atomic mass is 10.0. The fourth-order valence-corrected chi connectivity index (χ4v) is 7.89. The summed E-state index contributed by atoms with van der Waals surface area (Å²) in [7, 11) is 1.69. The second-order valence-corrected chi connectivity index (χ2v) is 19.3. The van der Waals surface area contributed by atoms with Crippen LogP contribution in [0.2, 0.25) is 0 Å². The van der Waals surface area contributed by atoms with Gasteiger partial charge < -0.3 is 18.9 Å². The van der Waals surface area contributed by atoms with Crippen molar-refractivity contribution in [2.45, 2.75) is 245 Å². The topological polar surface area (TPSA) is 91.3 Å². The monoisotopic (exact) mass is 819 g/mol. The molecule has 1 N–H and O–H groups in total. The Kier molecular flexibility index (Phi) is 40.9. The zero-order valence-electron chi connectivity index (χ0n) is 38.2. The highest BCUT2D eigenvalue weighted by atomic mass is 31.2. The Balaban J connectivity index is 4.12. The number of hydrogen-bond acceptors (Lipinski definition) is 6. The lowest BCUT2D eigenvalue weighted by Gasteiger charge is -2.24. The molecule has 2 atom stereocenters. The molecule has 0 saturated carbocycles. The van der Waals surface area contributed by atoms with Gasteiger partial charge >= 0.3 is 13.8 Å². The van der Waals surface area contributed by atoms with Crippen LogP contribution in [-0.4, -0.2) is 75.6 Å². The third-order valence-corrected chi connectivity index (χ3v) is 11.9. The van der Waals surface area contributed by atoms with Gasteiger partial charge in [0.15, 0.2) is 0 Å². The summed E-state index contributed by atoms with van der Waals surface area (Å²) in [4.78, 5) is 22.9. The van der Waals surface area contributed by atoms with Gasteiger partial charge in [0.2, 0.25) is 0 Å². The number of quaternary nitrogens is 1. The summed E-state index contributed by atoms with van der Waals surface area (Å²) in [5.41, 5.74) is 0. The van der Waals surface area contributed by atoms with E-state index in [4.69, 9.17) is 18.5 Å². The average Bonchev–Trinajstić information content (AvgIpc) is 3.15. The number of unbranched alkanes of at least 4 members (excludes halogenated alkanes) is 32. The van der Waals surface area contributed by atoms with Crippen LogP contribution in [0.1, 0.15) is 239 Å². The molecule has 0 aliphatic rings. The quantitative estimate of drug-likeness (QED) is 0.0283. The van der Waals surface area contributed by atoms with Gasteiger partial charge in [0, 0.05) is 13.0 Å². The van der Waals surface area contributed by atoms with Gasteiger partial charge in [-0.15, -0.1) is 0 Å². The maximum absolute atomic E-state index is 12.7. The summed E-state index contributed by atoms with van der Waals surface area (Å²) in [6, 6.07) is 0. The van der Waals surface area contributed by atoms with Crippen molar-refractivity contribution >= 4 is 13.8 Å². The second kappa shape index (κ2) is 41.2. The fraction of sp³-hybridized carbons (Fsp3) is 0.979. The van der Waals surface area contributed by atoms with Gasteiger partial charge in [-0.3, -0.25) is 13.8 Å². The molecule has 0 spiro atoms. The molecular formula is C47H97NO7P+. The van der Waals surface area contributed by atoms with Crippen LogP contribution >= 0.6 is 7.82 Å². The molecule has 0 bridgehead atoms. The predicted molar refractivity (Wildman–Crippen MR) is 238 cm³/mol. The van der Waals surface area contributed by atoms with E-state index in [1.807, 2.05) is 21.1 Å². The highest BCUT2D eigenvalue weighted by Gasteiger charge is 2.26. The Morgan fingerprint density at radius 3 is 1.18 bits per heavy atom. The van der Waals surface area contributed by atoms with Crippen molar-refractivity contribution in [2.75, 3.05) is 54.1 Å². The first-order valence-electron chi connectivity index (χ1n) is 24.3. The smallest absolute Gasteiger partial charge is 0.457 e. The highest BCUT2D eigenvalue weighted by molar-refractivity contribution is 7.47. The summed E-state index contributed by atoms with van der Waals surface area (Å²) in [5, 5.41) is 0. The van der Waals surface area contributed by atoms with Crippen LogP contribution in [0.5, 0.6) is 0 Å². The van der Waals surface area contributed by atoms with E-state index in [0.717, 1.165) is 32.1 Å². The van der Waals surface area contributed by atoms with Crippen LogP contribution in [0.25, 0.3) is 0 Å². The molecule has 0 aromatic carbocycles. The minimum Gasteiger partial charge on any atom is -0.457 e. The third-order valence-electron chi connectivity index (χ3n) is 10.9. The molecule has 8 nitrogen and oxygen atoms in total. The standard InChI is InChI=1S/C47H96NO7P/c1-6-8-10-12-14-16-18-20-22-23-24-25-26-28-30-32-34-36-38-40-47(49)55-46(45-54-56(50,51)53-43-41-48(3,4)5)44-52-42-39-37-35-33-31-29-27-21-19-17-15-13-11-9-7-2/h46H,6-45H2,1-5H3/p+1. The van der Waals surface area contributed by atoms with Gasteiger partial charge in [-0.1, -0.05) is 219 Å². The molecule has 9 heteroatoms. The van der Waals surface area contributed by atoms with Crippen molar-refractivity contribution in [3.8, 4) is 0 Å². The number of hydrogen-bond donors (Lipinski definition) is 1. The van der Waals surface area contributed by atoms with E-state index >= 15 is 0 Å². The number of carbonyl (C=O) groups excluding carboxylic acids is 1. The molecule has 0 heterocycles. The molecular weight excluding hydrogens is 721 g/mol. The Bertz CT molecular complexity index is 868. The number of phosphoric ester groups is 1. The van der Waals surface area contributed by atoms with Crippen molar-refractivity contribution < 1.29 is 37.3 Å². The van der Waals surface area contributed by atoms with Gasteiger partial charge in [0.25, 0.3) is 0 Å². The number of phosphoric acid groups is 1. The van der Waals surface area contributed by atoms with Crippen molar-refractivity contribution in [3.05, 3.63) is 0 Å². The molecule has 0 aromatic rings. The summed E-state index contributed by atoms with van der Waals surface area (Å²) in [6.45, 7) is 5.69. The zero-order valence-corrected chi connectivity index (χ0v) is 39.0. The molecule has 0 radical (unpaired) electrons. The summed E-state index contributed by atoms with van der Waals surface area (Å²) < 4.78 is 35.1. The number of likely N-dealkylation sites (N-methyl/N-ethyl adjacent to an activating group) is 1. The van der Waals surface area contributed by atoms with E-state index < -0.39 is 13.9 Å². The molecule has 2 unspecified atom stereocenters. The van der Waals surface area contributed by atoms with E-state index in [2.05, 4.69) is 13.8 Å². The normalized spacial score (nSPS) is 13.6. The van der Waals surface area contributed by atoms with Crippen molar-refractivity contribution in [3.63, 3.8) is 0 Å². The molecule has 0 aliphatic heterocycles. The SMILES string of the molecule is CCCCCCCCCCCCCCCCCCCCCC(=O)OC(COCCCCCCCCCCCCCCCCC)COP(=O)(O)OCC[N+](C)(C)C. The first-order chi connectivity index (χ1) is 27.1. The van der Waals surface area contributed by atoms with Gasteiger partial charge in [-0.2, -0.15) is 0 Å². The Morgan fingerprint density at radius 1 is 0.482 bits per heavy atom. The van der Waals surface area contributed by atoms with Gasteiger partial charge in [0.05, 0.1) is 34.4 Å². The average molecular weight is 819 g/mol. The highest BCUT2D eigenvalue weighted by Crippen LogP contribution is 2.43. The van der Waals surface area contributed by atoms with Crippen LogP contribution < -0.4 is 0 Å². The lowest BCUT2D eigenvalue weighted by molar-refractivity contribution is -0.870. The van der Waals surface area contributed by atoms with E-state index in [9.17, 15) is 14.3 Å². The van der Waals surface area contributed by atoms with Crippen molar-refractivity contribution in [1.82, 2.24) is 0 Å². The Labute approximate surface area is 348 Å². The van der Waals surface area contributed by atoms with Crippen LogP contribution in [-0.2, 0) is 27.9 Å². The van der Waals surface area contributed by atoms with Gasteiger partial charge in [-0.05, 0) is 12.8 Å². The minimum absolute atomic E-state index is 0.0941. The van der Waals surface area contributed by atoms with E-state index in [1.165, 1.54) is 186 Å².